The number of rotatable bonds is 4. The lowest BCUT2D eigenvalue weighted by Gasteiger charge is -2.28. The van der Waals surface area contributed by atoms with E-state index in [0.29, 0.717) is 11.3 Å². The Morgan fingerprint density at radius 2 is 1.77 bits per heavy atom. The van der Waals surface area contributed by atoms with Gasteiger partial charge < -0.3 is 5.32 Å². The lowest BCUT2D eigenvalue weighted by molar-refractivity contribution is -0.136. The van der Waals surface area contributed by atoms with Crippen LogP contribution in [0.4, 0.5) is 14.5 Å². The van der Waals surface area contributed by atoms with Gasteiger partial charge in [0, 0.05) is 24.2 Å². The maximum absolute atomic E-state index is 13.5. The summed E-state index contributed by atoms with van der Waals surface area (Å²) < 4.78 is 27.1. The Morgan fingerprint density at radius 1 is 1.07 bits per heavy atom. The van der Waals surface area contributed by atoms with Crippen molar-refractivity contribution in [3.63, 3.8) is 0 Å². The lowest BCUT2D eigenvalue weighted by Crippen LogP contribution is -2.54. The molecule has 2 aromatic carbocycles. The van der Waals surface area contributed by atoms with Crippen molar-refractivity contribution in [2.24, 2.45) is 0 Å². The normalized spacial score (nSPS) is 19.6. The Hall–Kier alpha value is -3.62. The summed E-state index contributed by atoms with van der Waals surface area (Å²) in [6.07, 6.45) is 0.0783. The molecule has 4 amide bonds. The Bertz CT molecular complexity index is 1080. The molecular formula is C21H17F2N3O4. The second-order valence-electron chi connectivity index (χ2n) is 7.24. The Morgan fingerprint density at radius 3 is 2.43 bits per heavy atom. The minimum absolute atomic E-state index is 0.0249. The zero-order valence-electron chi connectivity index (χ0n) is 15.9. The van der Waals surface area contributed by atoms with E-state index in [2.05, 4.69) is 10.6 Å². The first-order chi connectivity index (χ1) is 14.3. The molecule has 1 unspecified atom stereocenters. The molecule has 2 atom stereocenters. The summed E-state index contributed by atoms with van der Waals surface area (Å²) in [7, 11) is 0. The van der Waals surface area contributed by atoms with Gasteiger partial charge in [-0.2, -0.15) is 0 Å². The standard InChI is InChI=1S/C21H17F2N3O4/c1-10(11-7-12(22)9-13(23)8-11)24-15-4-2-3-14-18(15)21(30)26(20(14)29)16-5-6-17(27)25-19(16)28/h2-4,7-10,16,24H,5-6H2,1H3,(H,25,27,28)/t10-,16?/m0/s1. The molecule has 2 aromatic rings. The topological polar surface area (TPSA) is 95.6 Å². The van der Waals surface area contributed by atoms with Crippen LogP contribution < -0.4 is 10.6 Å². The van der Waals surface area contributed by atoms with Gasteiger partial charge in [-0.3, -0.25) is 29.4 Å². The van der Waals surface area contributed by atoms with Crippen LogP contribution in [0.15, 0.2) is 36.4 Å². The van der Waals surface area contributed by atoms with Gasteiger partial charge in [0.1, 0.15) is 17.7 Å². The average Bonchev–Trinajstić information content (AvgIpc) is 2.93. The van der Waals surface area contributed by atoms with Gasteiger partial charge in [-0.15, -0.1) is 0 Å². The van der Waals surface area contributed by atoms with Crippen LogP contribution in [-0.2, 0) is 9.59 Å². The van der Waals surface area contributed by atoms with Crippen LogP contribution in [0.3, 0.4) is 0 Å². The van der Waals surface area contributed by atoms with Crippen molar-refractivity contribution in [3.05, 3.63) is 64.7 Å². The Kier molecular flexibility index (Phi) is 4.81. The number of anilines is 1. The Labute approximate surface area is 170 Å². The summed E-state index contributed by atoms with van der Waals surface area (Å²) in [4.78, 5) is 50.3. The third-order valence-corrected chi connectivity index (χ3v) is 5.23. The first-order valence-electron chi connectivity index (χ1n) is 9.33. The van der Waals surface area contributed by atoms with E-state index >= 15 is 0 Å². The van der Waals surface area contributed by atoms with Gasteiger partial charge in [0.05, 0.1) is 11.1 Å². The van der Waals surface area contributed by atoms with Crippen LogP contribution in [0.2, 0.25) is 0 Å². The molecule has 2 aliphatic heterocycles. The monoisotopic (exact) mass is 413 g/mol. The number of piperidine rings is 1. The largest absolute Gasteiger partial charge is 0.378 e. The van der Waals surface area contributed by atoms with E-state index < -0.39 is 47.3 Å². The van der Waals surface area contributed by atoms with Gasteiger partial charge in [0.2, 0.25) is 11.8 Å². The molecule has 0 saturated carbocycles. The number of carbonyl (C=O) groups excluding carboxylic acids is 4. The molecule has 0 aromatic heterocycles. The van der Waals surface area contributed by atoms with Crippen molar-refractivity contribution in [2.75, 3.05) is 5.32 Å². The number of nitrogens with zero attached hydrogens (tertiary/aromatic N) is 1. The highest BCUT2D eigenvalue weighted by molar-refractivity contribution is 6.25. The van der Waals surface area contributed by atoms with Crippen LogP contribution >= 0.6 is 0 Å². The van der Waals surface area contributed by atoms with Gasteiger partial charge in [-0.25, -0.2) is 8.78 Å². The van der Waals surface area contributed by atoms with Crippen molar-refractivity contribution < 1.29 is 28.0 Å². The summed E-state index contributed by atoms with van der Waals surface area (Å²) in [6, 6.07) is 6.07. The number of amides is 4. The van der Waals surface area contributed by atoms with E-state index in [0.717, 1.165) is 11.0 Å². The minimum Gasteiger partial charge on any atom is -0.378 e. The van der Waals surface area contributed by atoms with Crippen LogP contribution in [0, 0.1) is 11.6 Å². The molecule has 2 N–H and O–H groups in total. The minimum atomic E-state index is -1.07. The Balaban J connectivity index is 1.65. The molecule has 0 bridgehead atoms. The third kappa shape index (κ3) is 3.32. The molecule has 9 heteroatoms. The molecule has 154 valence electrons. The maximum Gasteiger partial charge on any atom is 0.264 e. The van der Waals surface area contributed by atoms with Crippen molar-refractivity contribution in [1.82, 2.24) is 10.2 Å². The van der Waals surface area contributed by atoms with Crippen molar-refractivity contribution >= 4 is 29.3 Å². The van der Waals surface area contributed by atoms with Gasteiger partial charge in [0.25, 0.3) is 11.8 Å². The summed E-state index contributed by atoms with van der Waals surface area (Å²) in [5.74, 6) is -3.90. The van der Waals surface area contributed by atoms with Gasteiger partial charge >= 0.3 is 0 Å². The van der Waals surface area contributed by atoms with Crippen molar-refractivity contribution in [3.8, 4) is 0 Å². The van der Waals surface area contributed by atoms with Crippen molar-refractivity contribution in [2.45, 2.75) is 31.8 Å². The molecule has 4 rings (SSSR count). The first kappa shape index (κ1) is 19.7. The SMILES string of the molecule is C[C@H](Nc1cccc2c1C(=O)N(C1CCC(=O)NC1=O)C2=O)c1cc(F)cc(F)c1. The molecule has 0 radical (unpaired) electrons. The molecule has 1 saturated heterocycles. The zero-order valence-corrected chi connectivity index (χ0v) is 15.9. The van der Waals surface area contributed by atoms with Crippen LogP contribution in [0.1, 0.15) is 52.1 Å². The number of hydrogen-bond donors (Lipinski definition) is 2. The van der Waals surface area contributed by atoms with E-state index in [-0.39, 0.29) is 24.0 Å². The average molecular weight is 413 g/mol. The van der Waals surface area contributed by atoms with Gasteiger partial charge in [-0.05, 0) is 43.2 Å². The molecule has 1 fully saturated rings. The van der Waals surface area contributed by atoms with E-state index in [4.69, 9.17) is 0 Å². The second kappa shape index (κ2) is 7.33. The van der Waals surface area contributed by atoms with Crippen LogP contribution in [0.5, 0.6) is 0 Å². The van der Waals surface area contributed by atoms with E-state index in [1.165, 1.54) is 18.2 Å². The zero-order chi connectivity index (χ0) is 21.6. The van der Waals surface area contributed by atoms with Crippen LogP contribution in [-0.4, -0.2) is 34.6 Å². The van der Waals surface area contributed by atoms with Crippen LogP contribution in [0.25, 0.3) is 0 Å². The van der Waals surface area contributed by atoms with Gasteiger partial charge in [-0.1, -0.05) is 6.07 Å². The number of fused-ring (bicyclic) bond motifs is 1. The molecule has 2 heterocycles. The highest BCUT2D eigenvalue weighted by Crippen LogP contribution is 2.34. The molecule has 0 aliphatic carbocycles. The van der Waals surface area contributed by atoms with Crippen molar-refractivity contribution in [1.29, 1.82) is 0 Å². The maximum atomic E-state index is 13.5. The predicted octanol–water partition coefficient (Wildman–Crippen LogP) is 2.54. The fourth-order valence-electron chi connectivity index (χ4n) is 3.78. The molecule has 0 spiro atoms. The molecular weight excluding hydrogens is 396 g/mol. The van der Waals surface area contributed by atoms with E-state index in [1.54, 1.807) is 19.1 Å². The smallest absolute Gasteiger partial charge is 0.264 e. The summed E-state index contributed by atoms with van der Waals surface area (Å²) in [6.45, 7) is 1.66. The van der Waals surface area contributed by atoms with E-state index in [9.17, 15) is 28.0 Å². The third-order valence-electron chi connectivity index (χ3n) is 5.23. The molecule has 30 heavy (non-hydrogen) atoms. The quantitative estimate of drug-likeness (QED) is 0.751. The summed E-state index contributed by atoms with van der Waals surface area (Å²) in [5.41, 5.74) is 0.824. The lowest BCUT2D eigenvalue weighted by atomic mass is 10.0. The highest BCUT2D eigenvalue weighted by atomic mass is 19.1. The fourth-order valence-corrected chi connectivity index (χ4v) is 3.78. The number of imide groups is 2. The number of benzene rings is 2. The highest BCUT2D eigenvalue weighted by Gasteiger charge is 2.45. The molecule has 7 nitrogen and oxygen atoms in total. The first-order valence-corrected chi connectivity index (χ1v) is 9.33. The number of hydrogen-bond acceptors (Lipinski definition) is 5. The summed E-state index contributed by atoms with van der Waals surface area (Å²) in [5, 5.41) is 5.16. The second-order valence-corrected chi connectivity index (χ2v) is 7.24. The molecule has 2 aliphatic rings. The number of nitrogens with one attached hydrogen (secondary N) is 2. The summed E-state index contributed by atoms with van der Waals surface area (Å²) >= 11 is 0. The predicted molar refractivity (Wildman–Crippen MR) is 102 cm³/mol. The number of carbonyl (C=O) groups is 4. The van der Waals surface area contributed by atoms with Gasteiger partial charge in [0.15, 0.2) is 0 Å². The van der Waals surface area contributed by atoms with E-state index in [1.807, 2.05) is 0 Å². The number of halogens is 2. The fraction of sp³-hybridized carbons (Fsp3) is 0.238.